The van der Waals surface area contributed by atoms with E-state index in [1.165, 1.54) is 0 Å². The van der Waals surface area contributed by atoms with Crippen LogP contribution in [0.2, 0.25) is 0 Å². The van der Waals surface area contributed by atoms with Gasteiger partial charge >= 0.3 is 0 Å². The Morgan fingerprint density at radius 2 is 2.04 bits per heavy atom. The number of hydrogen-bond donors (Lipinski definition) is 2. The first-order valence-electron chi connectivity index (χ1n) is 8.67. The summed E-state index contributed by atoms with van der Waals surface area (Å²) in [6.45, 7) is 3.71. The topological polar surface area (TPSA) is 92.9 Å². The van der Waals surface area contributed by atoms with Crippen LogP contribution < -0.4 is 5.32 Å². The Kier molecular flexibility index (Phi) is 4.85. The smallest absolute Gasteiger partial charge is 0.289 e. The van der Waals surface area contributed by atoms with Gasteiger partial charge in [0.2, 0.25) is 5.82 Å². The summed E-state index contributed by atoms with van der Waals surface area (Å²) in [7, 11) is 1.88. The normalized spacial score (nSPS) is 21.1. The maximum atomic E-state index is 12.5. The fourth-order valence-corrected chi connectivity index (χ4v) is 3.41. The van der Waals surface area contributed by atoms with E-state index in [0.29, 0.717) is 5.69 Å². The fraction of sp³-hybridized carbons (Fsp3) is 0.556. The van der Waals surface area contributed by atoms with Crippen LogP contribution in [0.25, 0.3) is 11.4 Å². The van der Waals surface area contributed by atoms with E-state index in [2.05, 4.69) is 20.3 Å². The number of aromatic nitrogens is 4. The second-order valence-corrected chi connectivity index (χ2v) is 7.33. The lowest BCUT2D eigenvalue weighted by molar-refractivity contribution is -0.00259. The van der Waals surface area contributed by atoms with Gasteiger partial charge in [-0.2, -0.15) is 0 Å². The van der Waals surface area contributed by atoms with Gasteiger partial charge in [-0.25, -0.2) is 15.0 Å². The van der Waals surface area contributed by atoms with Crippen molar-refractivity contribution in [1.82, 2.24) is 24.8 Å². The maximum Gasteiger partial charge on any atom is 0.289 e. The number of amides is 1. The van der Waals surface area contributed by atoms with Gasteiger partial charge in [-0.3, -0.25) is 4.79 Å². The van der Waals surface area contributed by atoms with Gasteiger partial charge in [-0.05, 0) is 51.5 Å². The molecule has 0 bridgehead atoms. The van der Waals surface area contributed by atoms with E-state index in [0.717, 1.165) is 31.4 Å². The van der Waals surface area contributed by atoms with Gasteiger partial charge in [0.15, 0.2) is 0 Å². The van der Waals surface area contributed by atoms with Gasteiger partial charge in [-0.15, -0.1) is 0 Å². The first kappa shape index (κ1) is 17.5. The van der Waals surface area contributed by atoms with Crippen molar-refractivity contribution in [3.05, 3.63) is 30.6 Å². The predicted molar refractivity (Wildman–Crippen MR) is 93.7 cm³/mol. The zero-order valence-electron chi connectivity index (χ0n) is 14.9. The standard InChI is InChI=1S/C18H25N5O2/c1-18(2,25)12-4-6-13(7-5-12)21-17(24)16-20-9-8-14(22-16)15-10-19-11-23(15)3/h8-13,25H,4-7H2,1-3H3,(H,21,24). The molecule has 1 aliphatic carbocycles. The van der Waals surface area contributed by atoms with Gasteiger partial charge in [0, 0.05) is 19.3 Å². The molecule has 2 heterocycles. The van der Waals surface area contributed by atoms with Gasteiger partial charge in [0.25, 0.3) is 5.91 Å². The number of carbonyl (C=O) groups excluding carboxylic acids is 1. The summed E-state index contributed by atoms with van der Waals surface area (Å²) in [5, 5.41) is 13.1. The Hall–Kier alpha value is -2.28. The van der Waals surface area contributed by atoms with Gasteiger partial charge in [-0.1, -0.05) is 0 Å². The zero-order chi connectivity index (χ0) is 18.0. The molecule has 0 atom stereocenters. The molecule has 0 radical (unpaired) electrons. The van der Waals surface area contributed by atoms with Crippen molar-refractivity contribution in [2.24, 2.45) is 13.0 Å². The summed E-state index contributed by atoms with van der Waals surface area (Å²) in [5.41, 5.74) is 0.850. The molecular weight excluding hydrogens is 318 g/mol. The predicted octanol–water partition coefficient (Wildman–Crippen LogP) is 1.94. The van der Waals surface area contributed by atoms with Gasteiger partial charge < -0.3 is 15.0 Å². The second-order valence-electron chi connectivity index (χ2n) is 7.33. The summed E-state index contributed by atoms with van der Waals surface area (Å²) in [5.74, 6) is 0.198. The lowest BCUT2D eigenvalue weighted by atomic mass is 9.77. The fourth-order valence-electron chi connectivity index (χ4n) is 3.41. The Balaban J connectivity index is 1.64. The third-order valence-corrected chi connectivity index (χ3v) is 5.00. The molecule has 0 spiro atoms. The van der Waals surface area contributed by atoms with Crippen LogP contribution in [-0.2, 0) is 7.05 Å². The summed E-state index contributed by atoms with van der Waals surface area (Å²) in [6.07, 6.45) is 8.54. The highest BCUT2D eigenvalue weighted by Gasteiger charge is 2.32. The molecule has 1 saturated carbocycles. The van der Waals surface area contributed by atoms with Crippen molar-refractivity contribution in [1.29, 1.82) is 0 Å². The molecule has 1 fully saturated rings. The van der Waals surface area contributed by atoms with E-state index in [1.807, 2.05) is 25.5 Å². The molecule has 1 amide bonds. The zero-order valence-corrected chi connectivity index (χ0v) is 14.9. The van der Waals surface area contributed by atoms with E-state index in [4.69, 9.17) is 0 Å². The minimum absolute atomic E-state index is 0.107. The molecule has 25 heavy (non-hydrogen) atoms. The Morgan fingerprint density at radius 1 is 1.32 bits per heavy atom. The van der Waals surface area contributed by atoms with Crippen molar-refractivity contribution in [3.63, 3.8) is 0 Å². The average molecular weight is 343 g/mol. The maximum absolute atomic E-state index is 12.5. The van der Waals surface area contributed by atoms with Crippen molar-refractivity contribution in [2.75, 3.05) is 0 Å². The van der Waals surface area contributed by atoms with Crippen LogP contribution in [0.15, 0.2) is 24.8 Å². The molecule has 7 heteroatoms. The van der Waals surface area contributed by atoms with Crippen molar-refractivity contribution in [2.45, 2.75) is 51.2 Å². The number of carbonyl (C=O) groups is 1. The first-order chi connectivity index (χ1) is 11.8. The number of hydrogen-bond acceptors (Lipinski definition) is 5. The van der Waals surface area contributed by atoms with Crippen LogP contribution in [0.5, 0.6) is 0 Å². The Bertz CT molecular complexity index is 742. The number of nitrogens with one attached hydrogen (secondary N) is 1. The lowest BCUT2D eigenvalue weighted by Gasteiger charge is -2.35. The molecule has 1 aliphatic rings. The Labute approximate surface area is 147 Å². The van der Waals surface area contributed by atoms with Crippen molar-refractivity contribution < 1.29 is 9.90 Å². The van der Waals surface area contributed by atoms with Crippen LogP contribution in [0.1, 0.15) is 50.1 Å². The number of aliphatic hydroxyl groups is 1. The average Bonchev–Trinajstić information content (AvgIpc) is 3.01. The van der Waals surface area contributed by atoms with Crippen LogP contribution >= 0.6 is 0 Å². The van der Waals surface area contributed by atoms with Crippen LogP contribution in [0.4, 0.5) is 0 Å². The summed E-state index contributed by atoms with van der Waals surface area (Å²) >= 11 is 0. The molecule has 2 aromatic heterocycles. The number of nitrogens with zero attached hydrogens (tertiary/aromatic N) is 4. The largest absolute Gasteiger partial charge is 0.390 e. The minimum atomic E-state index is -0.657. The third-order valence-electron chi connectivity index (χ3n) is 5.00. The number of aryl methyl sites for hydroxylation is 1. The summed E-state index contributed by atoms with van der Waals surface area (Å²) < 4.78 is 1.85. The van der Waals surface area contributed by atoms with Gasteiger partial charge in [0.1, 0.15) is 0 Å². The lowest BCUT2D eigenvalue weighted by Crippen LogP contribution is -2.42. The first-order valence-corrected chi connectivity index (χ1v) is 8.67. The molecule has 7 nitrogen and oxygen atoms in total. The summed E-state index contributed by atoms with van der Waals surface area (Å²) in [6, 6.07) is 1.87. The monoisotopic (exact) mass is 343 g/mol. The molecule has 2 aromatic rings. The van der Waals surface area contributed by atoms with Crippen LogP contribution in [0, 0.1) is 5.92 Å². The quantitative estimate of drug-likeness (QED) is 0.885. The second kappa shape index (κ2) is 6.92. The highest BCUT2D eigenvalue weighted by Crippen LogP contribution is 2.32. The molecule has 2 N–H and O–H groups in total. The van der Waals surface area contributed by atoms with Crippen molar-refractivity contribution >= 4 is 5.91 Å². The third kappa shape index (κ3) is 4.04. The van der Waals surface area contributed by atoms with E-state index < -0.39 is 5.60 Å². The molecule has 0 aliphatic heterocycles. The molecule has 0 unspecified atom stereocenters. The molecule has 134 valence electrons. The van der Waals surface area contributed by atoms with Crippen molar-refractivity contribution in [3.8, 4) is 11.4 Å². The number of imidazole rings is 1. The minimum Gasteiger partial charge on any atom is -0.390 e. The summed E-state index contributed by atoms with van der Waals surface area (Å²) in [4.78, 5) is 25.0. The van der Waals surface area contributed by atoms with Crippen LogP contribution in [0.3, 0.4) is 0 Å². The molecule has 0 aromatic carbocycles. The highest BCUT2D eigenvalue weighted by molar-refractivity contribution is 5.91. The molecule has 0 saturated heterocycles. The van der Waals surface area contributed by atoms with E-state index in [9.17, 15) is 9.90 Å². The number of rotatable bonds is 4. The SMILES string of the molecule is Cn1cncc1-c1ccnc(C(=O)NC2CCC(C(C)(C)O)CC2)n1. The molecule has 3 rings (SSSR count). The van der Waals surface area contributed by atoms with E-state index >= 15 is 0 Å². The van der Waals surface area contributed by atoms with E-state index in [1.54, 1.807) is 24.8 Å². The van der Waals surface area contributed by atoms with Crippen LogP contribution in [-0.4, -0.2) is 42.2 Å². The Morgan fingerprint density at radius 3 is 2.64 bits per heavy atom. The van der Waals surface area contributed by atoms with Gasteiger partial charge in [0.05, 0.1) is 29.5 Å². The van der Waals surface area contributed by atoms with E-state index in [-0.39, 0.29) is 23.7 Å². The highest BCUT2D eigenvalue weighted by atomic mass is 16.3. The molecular formula is C18H25N5O2.